The number of hydrogen-bond acceptors (Lipinski definition) is 2. The Kier molecular flexibility index (Phi) is 4.42. The van der Waals surface area contributed by atoms with Gasteiger partial charge in [-0.05, 0) is 35.7 Å². The van der Waals surface area contributed by atoms with Gasteiger partial charge in [-0.2, -0.15) is 0 Å². The van der Waals surface area contributed by atoms with Gasteiger partial charge in [0.15, 0.2) is 0 Å². The maximum atomic E-state index is 7.00. The van der Waals surface area contributed by atoms with Crippen LogP contribution in [0.3, 0.4) is 0 Å². The number of rotatable bonds is 3. The van der Waals surface area contributed by atoms with Crippen molar-refractivity contribution in [1.82, 2.24) is 9.13 Å². The molecule has 0 atom stereocenters. The number of nitrogen functional groups attached to an aromatic ring is 2. The van der Waals surface area contributed by atoms with E-state index in [4.69, 9.17) is 11.5 Å². The van der Waals surface area contributed by atoms with Crippen molar-refractivity contribution >= 4 is 44.0 Å². The normalized spacial score (nSPS) is 11.6. The van der Waals surface area contributed by atoms with E-state index >= 15 is 0 Å². The number of nitrogens with zero attached hydrogens (tertiary/aromatic N) is 2. The summed E-state index contributed by atoms with van der Waals surface area (Å²) < 4.78 is 4.51. The van der Waals surface area contributed by atoms with Gasteiger partial charge < -0.3 is 20.6 Å². The molecule has 0 spiro atoms. The second kappa shape index (κ2) is 7.79. The highest BCUT2D eigenvalue weighted by atomic mass is 15.1. The summed E-state index contributed by atoms with van der Waals surface area (Å²) in [7, 11) is 0. The van der Waals surface area contributed by atoms with E-state index in [0.29, 0.717) is 11.4 Å². The summed E-state index contributed by atoms with van der Waals surface area (Å²) in [5, 5.41) is 4.34. The maximum Gasteiger partial charge on any atom is 0.0964 e. The van der Waals surface area contributed by atoms with Crippen LogP contribution in [0.25, 0.3) is 55.3 Å². The lowest BCUT2D eigenvalue weighted by Crippen LogP contribution is -2.05. The van der Waals surface area contributed by atoms with Gasteiger partial charge in [0.25, 0.3) is 0 Å². The summed E-state index contributed by atoms with van der Waals surface area (Å²) in [6.45, 7) is 0. The molecule has 0 aliphatic heterocycles. The molecule has 0 saturated carbocycles. The molecule has 0 radical (unpaired) electrons. The van der Waals surface area contributed by atoms with E-state index in [9.17, 15) is 0 Å². The second-order valence-corrected chi connectivity index (χ2v) is 9.06. The van der Waals surface area contributed by atoms with Gasteiger partial charge in [0, 0.05) is 21.8 Å². The van der Waals surface area contributed by atoms with Crippen molar-refractivity contribution in [3.05, 3.63) is 121 Å². The van der Waals surface area contributed by atoms with Crippen molar-refractivity contribution in [2.24, 2.45) is 0 Å². The third-order valence-corrected chi connectivity index (χ3v) is 7.07. The van der Waals surface area contributed by atoms with Crippen LogP contribution in [0.4, 0.5) is 11.4 Å². The zero-order chi connectivity index (χ0) is 24.2. The SMILES string of the molecule is Nc1c(-c2c(N)c3ccccc3n2-c2cccc3ccccc23)n(-c2ccccc2)c2ccccc12. The average molecular weight is 465 g/mol. The molecule has 0 aliphatic carbocycles. The van der Waals surface area contributed by atoms with Crippen LogP contribution in [0.5, 0.6) is 0 Å². The van der Waals surface area contributed by atoms with Gasteiger partial charge in [-0.3, -0.25) is 0 Å². The zero-order valence-corrected chi connectivity index (χ0v) is 19.6. The second-order valence-electron chi connectivity index (χ2n) is 9.06. The molecular formula is C32H24N4. The number of aromatic nitrogens is 2. The Balaban J connectivity index is 1.70. The maximum absolute atomic E-state index is 7.00. The first-order chi connectivity index (χ1) is 17.7. The molecule has 0 saturated heterocycles. The number of benzene rings is 5. The van der Waals surface area contributed by atoms with Crippen LogP contribution in [-0.2, 0) is 0 Å². The molecule has 2 heterocycles. The Morgan fingerprint density at radius 1 is 0.417 bits per heavy atom. The fourth-order valence-electron chi connectivity index (χ4n) is 5.50. The van der Waals surface area contributed by atoms with Gasteiger partial charge in [-0.1, -0.05) is 91.0 Å². The highest BCUT2D eigenvalue weighted by molar-refractivity contribution is 6.10. The number of nitrogens with two attached hydrogens (primary N) is 2. The van der Waals surface area contributed by atoms with Crippen LogP contribution in [0.15, 0.2) is 121 Å². The van der Waals surface area contributed by atoms with E-state index in [-0.39, 0.29) is 0 Å². The number of fused-ring (bicyclic) bond motifs is 3. The lowest BCUT2D eigenvalue weighted by molar-refractivity contribution is 1.08. The number of hydrogen-bond donors (Lipinski definition) is 2. The summed E-state index contributed by atoms with van der Waals surface area (Å²) >= 11 is 0. The fourth-order valence-corrected chi connectivity index (χ4v) is 5.50. The van der Waals surface area contributed by atoms with Crippen LogP contribution < -0.4 is 11.5 Å². The summed E-state index contributed by atoms with van der Waals surface area (Å²) in [5.41, 5.74) is 21.4. The lowest BCUT2D eigenvalue weighted by Gasteiger charge is -2.17. The molecule has 2 aromatic heterocycles. The molecule has 4 nitrogen and oxygen atoms in total. The topological polar surface area (TPSA) is 61.9 Å². The molecule has 0 unspecified atom stereocenters. The molecule has 0 amide bonds. The van der Waals surface area contributed by atoms with Crippen molar-refractivity contribution < 1.29 is 0 Å². The minimum absolute atomic E-state index is 0.713. The van der Waals surface area contributed by atoms with Crippen molar-refractivity contribution in [2.75, 3.05) is 11.5 Å². The third kappa shape index (κ3) is 2.82. The first-order valence-corrected chi connectivity index (χ1v) is 12.1. The molecular weight excluding hydrogens is 440 g/mol. The van der Waals surface area contributed by atoms with E-state index in [1.807, 2.05) is 30.3 Å². The highest BCUT2D eigenvalue weighted by Crippen LogP contribution is 2.46. The molecule has 7 aromatic rings. The van der Waals surface area contributed by atoms with Gasteiger partial charge in [0.05, 0.1) is 39.5 Å². The predicted molar refractivity (Wildman–Crippen MR) is 152 cm³/mol. The van der Waals surface area contributed by atoms with Gasteiger partial charge in [0.2, 0.25) is 0 Å². The zero-order valence-electron chi connectivity index (χ0n) is 19.6. The molecule has 0 aliphatic rings. The molecule has 7 rings (SSSR count). The van der Waals surface area contributed by atoms with Crippen LogP contribution >= 0.6 is 0 Å². The van der Waals surface area contributed by atoms with Gasteiger partial charge >= 0.3 is 0 Å². The monoisotopic (exact) mass is 464 g/mol. The quantitative estimate of drug-likeness (QED) is 0.283. The first kappa shape index (κ1) is 20.4. The van der Waals surface area contributed by atoms with Crippen molar-refractivity contribution in [3.63, 3.8) is 0 Å². The van der Waals surface area contributed by atoms with Crippen LogP contribution in [0.1, 0.15) is 0 Å². The summed E-state index contributed by atoms with van der Waals surface area (Å²) in [6.07, 6.45) is 0. The lowest BCUT2D eigenvalue weighted by atomic mass is 10.1. The van der Waals surface area contributed by atoms with Gasteiger partial charge in [0.1, 0.15) is 0 Å². The largest absolute Gasteiger partial charge is 0.396 e. The van der Waals surface area contributed by atoms with E-state index in [1.54, 1.807) is 0 Å². The predicted octanol–water partition coefficient (Wildman–Crippen LogP) is 7.56. The van der Waals surface area contributed by atoms with Crippen molar-refractivity contribution in [1.29, 1.82) is 0 Å². The molecule has 36 heavy (non-hydrogen) atoms. The molecule has 0 fully saturated rings. The third-order valence-electron chi connectivity index (χ3n) is 7.07. The number of para-hydroxylation sites is 3. The molecule has 4 N–H and O–H groups in total. The Bertz CT molecular complexity index is 1900. The Labute approximate surface area is 208 Å². The Hall–Kier alpha value is -4.96. The molecule has 4 heteroatoms. The molecule has 5 aromatic carbocycles. The average Bonchev–Trinajstić information content (AvgIpc) is 3.39. The summed E-state index contributed by atoms with van der Waals surface area (Å²) in [5.74, 6) is 0. The van der Waals surface area contributed by atoms with Gasteiger partial charge in [-0.15, -0.1) is 0 Å². The highest BCUT2D eigenvalue weighted by Gasteiger charge is 2.26. The smallest absolute Gasteiger partial charge is 0.0964 e. The minimum atomic E-state index is 0.713. The summed E-state index contributed by atoms with van der Waals surface area (Å²) in [6, 6.07) is 41.8. The van der Waals surface area contributed by atoms with Crippen LogP contribution in [-0.4, -0.2) is 9.13 Å². The fraction of sp³-hybridized carbons (Fsp3) is 0. The van der Waals surface area contributed by atoms with Crippen molar-refractivity contribution in [2.45, 2.75) is 0 Å². The van der Waals surface area contributed by atoms with Gasteiger partial charge in [-0.25, -0.2) is 0 Å². The van der Waals surface area contributed by atoms with Crippen molar-refractivity contribution in [3.8, 4) is 22.8 Å². The van der Waals surface area contributed by atoms with E-state index < -0.39 is 0 Å². The Morgan fingerprint density at radius 3 is 1.61 bits per heavy atom. The van der Waals surface area contributed by atoms with Crippen LogP contribution in [0, 0.1) is 0 Å². The standard InChI is InChI=1S/C32H24N4/c33-29-24-16-6-8-18-27(24)35(22-13-2-1-3-14-22)31(29)32-30(34)25-17-7-9-19-28(25)36(32)26-20-10-12-21-11-4-5-15-23(21)26/h1-20H,33-34H2. The van der Waals surface area contributed by atoms with Crippen LogP contribution in [0.2, 0.25) is 0 Å². The summed E-state index contributed by atoms with van der Waals surface area (Å²) in [4.78, 5) is 0. The number of anilines is 2. The van der Waals surface area contributed by atoms with E-state index in [1.165, 1.54) is 5.39 Å². The van der Waals surface area contributed by atoms with E-state index in [0.717, 1.165) is 50.0 Å². The first-order valence-electron chi connectivity index (χ1n) is 12.1. The molecule has 0 bridgehead atoms. The molecule has 172 valence electrons. The Morgan fingerprint density at radius 2 is 0.917 bits per heavy atom. The van der Waals surface area contributed by atoms with E-state index in [2.05, 4.69) is 100 Å². The minimum Gasteiger partial charge on any atom is -0.396 e.